The van der Waals surface area contributed by atoms with Crippen LogP contribution in [0.1, 0.15) is 24.0 Å². The van der Waals surface area contributed by atoms with Crippen LogP contribution in [0.25, 0.3) is 0 Å². The molecule has 3 rings (SSSR count). The molecule has 0 aliphatic carbocycles. The lowest BCUT2D eigenvalue weighted by atomic mass is 9.83. The van der Waals surface area contributed by atoms with E-state index in [1.165, 1.54) is 11.1 Å². The van der Waals surface area contributed by atoms with Gasteiger partial charge in [-0.25, -0.2) is 0 Å². The molecule has 6 heteroatoms. The van der Waals surface area contributed by atoms with Crippen LogP contribution in [0.4, 0.5) is 0 Å². The summed E-state index contributed by atoms with van der Waals surface area (Å²) in [6.07, 6.45) is 4.01. The van der Waals surface area contributed by atoms with Gasteiger partial charge in [-0.2, -0.15) is 0 Å². The summed E-state index contributed by atoms with van der Waals surface area (Å²) in [6, 6.07) is 8.90. The van der Waals surface area contributed by atoms with Crippen molar-refractivity contribution < 1.29 is 9.90 Å². The monoisotopic (exact) mass is 329 g/mol. The maximum Gasteiger partial charge on any atom is 0.325 e. The Morgan fingerprint density at radius 3 is 2.88 bits per heavy atom. The number of benzene rings is 1. The first-order valence-electron chi connectivity index (χ1n) is 9.07. The number of rotatable bonds is 6. The van der Waals surface area contributed by atoms with E-state index in [1.807, 2.05) is 0 Å². The number of likely N-dealkylation sites (tertiary alicyclic amines) is 1. The van der Waals surface area contributed by atoms with Gasteiger partial charge in [0.05, 0.1) is 0 Å². The molecule has 0 amide bonds. The summed E-state index contributed by atoms with van der Waals surface area (Å²) >= 11 is 0. The predicted molar refractivity (Wildman–Crippen MR) is 97.8 cm³/mol. The Morgan fingerprint density at radius 1 is 1.42 bits per heavy atom. The fourth-order valence-electron chi connectivity index (χ4n) is 4.18. The average Bonchev–Trinajstić information content (AvgIpc) is 2.89. The highest BCUT2D eigenvalue weighted by atomic mass is 16.4. The van der Waals surface area contributed by atoms with Crippen LogP contribution >= 0.6 is 0 Å². The van der Waals surface area contributed by atoms with Gasteiger partial charge in [-0.3, -0.25) is 9.69 Å². The fourth-order valence-corrected chi connectivity index (χ4v) is 4.18. The minimum atomic E-state index is -1.10. The van der Waals surface area contributed by atoms with Gasteiger partial charge in [-0.05, 0) is 24.0 Å². The summed E-state index contributed by atoms with van der Waals surface area (Å²) in [5.74, 6) is -0.807. The number of aliphatic carboxylic acids is 1. The van der Waals surface area contributed by atoms with E-state index < -0.39 is 11.5 Å². The lowest BCUT2D eigenvalue weighted by Gasteiger charge is -2.30. The van der Waals surface area contributed by atoms with Crippen molar-refractivity contribution in [1.29, 1.82) is 0 Å². The highest BCUT2D eigenvalue weighted by Gasteiger charge is 2.49. The zero-order valence-corrected chi connectivity index (χ0v) is 14.5. The molecule has 2 aliphatic rings. The third-order valence-corrected chi connectivity index (χ3v) is 5.64. The Morgan fingerprint density at radius 2 is 2.17 bits per heavy atom. The Labute approximate surface area is 145 Å². The van der Waals surface area contributed by atoms with Gasteiger partial charge in [0.1, 0.15) is 13.4 Å². The number of carboxylic acids is 1. The van der Waals surface area contributed by atoms with Crippen molar-refractivity contribution in [3.8, 4) is 0 Å². The van der Waals surface area contributed by atoms with E-state index in [4.69, 9.17) is 5.73 Å². The first kappa shape index (κ1) is 17.5. The minimum absolute atomic E-state index is 0.0471. The second-order valence-electron chi connectivity index (χ2n) is 7.43. The van der Waals surface area contributed by atoms with Crippen molar-refractivity contribution in [3.05, 3.63) is 35.4 Å². The van der Waals surface area contributed by atoms with E-state index in [9.17, 15) is 9.90 Å². The first-order valence-corrected chi connectivity index (χ1v) is 9.07. The van der Waals surface area contributed by atoms with Gasteiger partial charge >= 0.3 is 5.97 Å². The van der Waals surface area contributed by atoms with Crippen molar-refractivity contribution in [3.63, 3.8) is 0 Å². The highest BCUT2D eigenvalue weighted by molar-refractivity contribution is 6.08. The van der Waals surface area contributed by atoms with E-state index >= 15 is 0 Å². The number of nitrogens with one attached hydrogen (secondary N) is 1. The second kappa shape index (κ2) is 7.25. The summed E-state index contributed by atoms with van der Waals surface area (Å²) in [5.41, 5.74) is 7.97. The molecule has 0 aromatic heterocycles. The molecule has 0 saturated carbocycles. The van der Waals surface area contributed by atoms with Gasteiger partial charge in [0.15, 0.2) is 0 Å². The smallest absolute Gasteiger partial charge is 0.325 e. The van der Waals surface area contributed by atoms with Crippen LogP contribution in [0.2, 0.25) is 6.32 Å². The van der Waals surface area contributed by atoms with E-state index in [0.29, 0.717) is 12.6 Å². The number of hydrogen-bond donors (Lipinski definition) is 3. The van der Waals surface area contributed by atoms with Gasteiger partial charge in [-0.15, -0.1) is 0 Å². The molecule has 3 atom stereocenters. The number of nitrogens with zero attached hydrogens (tertiary/aromatic N) is 1. The SMILES string of the molecule is BCCC[C@H]1CN(C[C@@H]2Cc3ccccc3CN2)C[C@@]1(N)C(=O)O. The topological polar surface area (TPSA) is 78.6 Å². The summed E-state index contributed by atoms with van der Waals surface area (Å²) in [7, 11) is 2.13. The minimum Gasteiger partial charge on any atom is -0.480 e. The Bertz CT molecular complexity index is 597. The molecular formula is C18H28BN3O2. The first-order chi connectivity index (χ1) is 11.5. The lowest BCUT2D eigenvalue weighted by Crippen LogP contribution is -2.55. The number of carbonyl (C=O) groups is 1. The van der Waals surface area contributed by atoms with Crippen LogP contribution in [-0.2, 0) is 17.8 Å². The summed E-state index contributed by atoms with van der Waals surface area (Å²) in [6.45, 7) is 3.00. The zero-order chi connectivity index (χ0) is 17.2. The van der Waals surface area contributed by atoms with Crippen molar-refractivity contribution in [2.24, 2.45) is 11.7 Å². The molecule has 2 aliphatic heterocycles. The number of hydrogen-bond acceptors (Lipinski definition) is 4. The highest BCUT2D eigenvalue weighted by Crippen LogP contribution is 2.30. The van der Waals surface area contributed by atoms with Crippen molar-refractivity contribution in [2.45, 2.75) is 43.7 Å². The van der Waals surface area contributed by atoms with E-state index in [0.717, 1.165) is 45.2 Å². The van der Waals surface area contributed by atoms with Gasteiger partial charge in [-0.1, -0.05) is 37.0 Å². The van der Waals surface area contributed by atoms with Crippen LogP contribution in [-0.4, -0.2) is 55.0 Å². The molecule has 1 aromatic rings. The van der Waals surface area contributed by atoms with Crippen LogP contribution in [0.15, 0.2) is 24.3 Å². The molecule has 1 aromatic carbocycles. The molecule has 130 valence electrons. The van der Waals surface area contributed by atoms with Crippen LogP contribution in [0, 0.1) is 5.92 Å². The molecule has 1 saturated heterocycles. The van der Waals surface area contributed by atoms with Crippen LogP contribution in [0.5, 0.6) is 0 Å². The summed E-state index contributed by atoms with van der Waals surface area (Å²) < 4.78 is 0. The Hall–Kier alpha value is -1.37. The van der Waals surface area contributed by atoms with Gasteiger partial charge < -0.3 is 16.2 Å². The predicted octanol–water partition coefficient (Wildman–Crippen LogP) is 0.246. The standard InChI is InChI=1S/C18H28BN3O2/c19-7-3-6-15-10-22(12-18(15,20)17(23)24)11-16-8-13-4-1-2-5-14(13)9-21-16/h1-2,4-5,15-16,21H,3,6-12,19-20H2,(H,23,24)/t15-,16-,18-/m0/s1. The van der Waals surface area contributed by atoms with Gasteiger partial charge in [0, 0.05) is 38.1 Å². The normalized spacial score (nSPS) is 30.2. The summed E-state index contributed by atoms with van der Waals surface area (Å²) in [5, 5.41) is 13.2. The third kappa shape index (κ3) is 3.51. The average molecular weight is 329 g/mol. The lowest BCUT2D eigenvalue weighted by molar-refractivity contribution is -0.144. The molecule has 2 heterocycles. The Kier molecular flexibility index (Phi) is 5.28. The molecule has 24 heavy (non-hydrogen) atoms. The largest absolute Gasteiger partial charge is 0.480 e. The van der Waals surface area contributed by atoms with Crippen molar-refractivity contribution in [2.75, 3.05) is 19.6 Å². The molecule has 0 unspecified atom stereocenters. The maximum atomic E-state index is 11.7. The maximum absolute atomic E-state index is 11.7. The number of fused-ring (bicyclic) bond motifs is 1. The van der Waals surface area contributed by atoms with Gasteiger partial charge in [0.2, 0.25) is 0 Å². The number of carboxylic acid groups (broad SMARTS) is 1. The molecule has 0 radical (unpaired) electrons. The van der Waals surface area contributed by atoms with E-state index in [1.54, 1.807) is 0 Å². The van der Waals surface area contributed by atoms with Crippen molar-refractivity contribution >= 4 is 13.8 Å². The molecule has 0 spiro atoms. The molecule has 5 nitrogen and oxygen atoms in total. The van der Waals surface area contributed by atoms with Crippen LogP contribution in [0.3, 0.4) is 0 Å². The summed E-state index contributed by atoms with van der Waals surface area (Å²) in [4.78, 5) is 14.0. The van der Waals surface area contributed by atoms with Gasteiger partial charge in [0.25, 0.3) is 0 Å². The Balaban J connectivity index is 1.63. The quantitative estimate of drug-likeness (QED) is 0.652. The second-order valence-corrected chi connectivity index (χ2v) is 7.43. The van der Waals surface area contributed by atoms with E-state index in [-0.39, 0.29) is 5.92 Å². The molecular weight excluding hydrogens is 301 g/mol. The van der Waals surface area contributed by atoms with Crippen molar-refractivity contribution in [1.82, 2.24) is 10.2 Å². The third-order valence-electron chi connectivity index (χ3n) is 5.64. The van der Waals surface area contributed by atoms with E-state index in [2.05, 4.69) is 42.3 Å². The molecule has 4 N–H and O–H groups in total. The zero-order valence-electron chi connectivity index (χ0n) is 14.5. The fraction of sp³-hybridized carbons (Fsp3) is 0.611. The number of nitrogens with two attached hydrogens (primary N) is 1. The van der Waals surface area contributed by atoms with Crippen LogP contribution < -0.4 is 11.1 Å². The molecule has 0 bridgehead atoms. The molecule has 1 fully saturated rings.